The molecule has 0 radical (unpaired) electrons. The van der Waals surface area contributed by atoms with Crippen LogP contribution < -0.4 is 21.9 Å². The first kappa shape index (κ1) is 23.0. The highest BCUT2D eigenvalue weighted by Crippen LogP contribution is 2.20. The normalized spacial score (nSPS) is 11.1. The molecule has 3 N–H and O–H groups in total. The maximum atomic E-state index is 13.1. The molecule has 0 saturated heterocycles. The molecule has 0 aliphatic carbocycles. The van der Waals surface area contributed by atoms with E-state index < -0.39 is 11.2 Å². The number of nitrogens with zero attached hydrogens (tertiary/aromatic N) is 3. The van der Waals surface area contributed by atoms with Crippen molar-refractivity contribution < 1.29 is 4.79 Å². The minimum absolute atomic E-state index is 0.0425. The van der Waals surface area contributed by atoms with Gasteiger partial charge in [-0.2, -0.15) is 0 Å². The highest BCUT2D eigenvalue weighted by molar-refractivity contribution is 5.96. The van der Waals surface area contributed by atoms with Gasteiger partial charge < -0.3 is 10.6 Å². The number of rotatable bonds is 7. The van der Waals surface area contributed by atoms with Gasteiger partial charge in [-0.25, -0.2) is 4.79 Å². The van der Waals surface area contributed by atoms with Gasteiger partial charge in [-0.05, 0) is 28.9 Å². The molecule has 0 aliphatic rings. The van der Waals surface area contributed by atoms with Crippen LogP contribution in [0.1, 0.15) is 11.1 Å². The van der Waals surface area contributed by atoms with E-state index in [4.69, 9.17) is 5.73 Å². The first-order valence-electron chi connectivity index (χ1n) is 10.9. The molecule has 8 heteroatoms. The van der Waals surface area contributed by atoms with Crippen molar-refractivity contribution in [1.29, 1.82) is 0 Å². The van der Waals surface area contributed by atoms with Crippen molar-refractivity contribution in [2.75, 3.05) is 31.3 Å². The third kappa shape index (κ3) is 4.77. The van der Waals surface area contributed by atoms with Gasteiger partial charge in [0.2, 0.25) is 5.91 Å². The summed E-state index contributed by atoms with van der Waals surface area (Å²) in [5, 5.41) is 2.27. The number of aromatic nitrogens is 2. The van der Waals surface area contributed by atoms with Gasteiger partial charge in [0, 0.05) is 13.6 Å². The second-order valence-electron chi connectivity index (χ2n) is 8.33. The molecule has 0 aliphatic heterocycles. The van der Waals surface area contributed by atoms with Crippen LogP contribution in [0.2, 0.25) is 0 Å². The summed E-state index contributed by atoms with van der Waals surface area (Å²) in [6, 6.07) is 23.5. The van der Waals surface area contributed by atoms with Gasteiger partial charge in [0.25, 0.3) is 5.56 Å². The summed E-state index contributed by atoms with van der Waals surface area (Å²) in [6.07, 6.45) is 0. The van der Waals surface area contributed by atoms with Crippen molar-refractivity contribution in [1.82, 2.24) is 14.5 Å². The molecule has 0 atom stereocenters. The molecule has 1 heterocycles. The third-order valence-electron chi connectivity index (χ3n) is 5.83. The van der Waals surface area contributed by atoms with Gasteiger partial charge >= 0.3 is 5.69 Å². The van der Waals surface area contributed by atoms with Crippen molar-refractivity contribution >= 4 is 28.2 Å². The molecule has 0 bridgehead atoms. The highest BCUT2D eigenvalue weighted by Gasteiger charge is 2.22. The van der Waals surface area contributed by atoms with E-state index in [9.17, 15) is 14.4 Å². The van der Waals surface area contributed by atoms with E-state index in [1.54, 1.807) is 0 Å². The first-order valence-corrected chi connectivity index (χ1v) is 10.9. The SMILES string of the molecule is CN(CC(=O)N(C)c1c(N)n(Cc2ccccc2)c(=O)[nH]c1=O)Cc1cccc2ccccc12. The zero-order valence-corrected chi connectivity index (χ0v) is 19.2. The van der Waals surface area contributed by atoms with Crippen LogP contribution in [-0.2, 0) is 17.9 Å². The Balaban J connectivity index is 1.54. The van der Waals surface area contributed by atoms with Crippen LogP contribution in [0.4, 0.5) is 11.5 Å². The summed E-state index contributed by atoms with van der Waals surface area (Å²) in [4.78, 5) is 43.4. The maximum Gasteiger partial charge on any atom is 0.330 e. The van der Waals surface area contributed by atoms with Crippen LogP contribution in [0.25, 0.3) is 10.8 Å². The van der Waals surface area contributed by atoms with E-state index in [1.807, 2.05) is 66.5 Å². The molecular weight excluding hydrogens is 430 g/mol. The Morgan fingerprint density at radius 3 is 2.38 bits per heavy atom. The van der Waals surface area contributed by atoms with Gasteiger partial charge in [0.05, 0.1) is 13.1 Å². The number of fused-ring (bicyclic) bond motifs is 1. The van der Waals surface area contributed by atoms with Crippen molar-refractivity contribution in [3.8, 4) is 0 Å². The molecule has 34 heavy (non-hydrogen) atoms. The first-order chi connectivity index (χ1) is 16.3. The molecule has 1 aromatic heterocycles. The summed E-state index contributed by atoms with van der Waals surface area (Å²) in [7, 11) is 3.34. The number of aromatic amines is 1. The lowest BCUT2D eigenvalue weighted by Gasteiger charge is -2.23. The Labute approximate surface area is 196 Å². The van der Waals surface area contributed by atoms with Gasteiger partial charge in [-0.1, -0.05) is 72.8 Å². The predicted molar refractivity (Wildman–Crippen MR) is 135 cm³/mol. The molecule has 0 unspecified atom stereocenters. The number of hydrogen-bond donors (Lipinski definition) is 2. The fourth-order valence-corrected chi connectivity index (χ4v) is 4.06. The van der Waals surface area contributed by atoms with Crippen LogP contribution in [0.5, 0.6) is 0 Å². The average Bonchev–Trinajstić information content (AvgIpc) is 2.82. The number of benzene rings is 3. The molecule has 0 fully saturated rings. The predicted octanol–water partition coefficient (Wildman–Crippen LogP) is 2.42. The topological polar surface area (TPSA) is 104 Å². The van der Waals surface area contributed by atoms with Crippen LogP contribution in [-0.4, -0.2) is 41.0 Å². The zero-order chi connectivity index (χ0) is 24.2. The summed E-state index contributed by atoms with van der Waals surface area (Å²) >= 11 is 0. The zero-order valence-electron chi connectivity index (χ0n) is 19.2. The van der Waals surface area contributed by atoms with E-state index in [1.165, 1.54) is 16.5 Å². The number of likely N-dealkylation sites (N-methyl/N-ethyl adjacent to an activating group) is 2. The molecule has 1 amide bonds. The van der Waals surface area contributed by atoms with Crippen molar-refractivity contribution in [2.45, 2.75) is 13.1 Å². The van der Waals surface area contributed by atoms with Crippen LogP contribution in [0.15, 0.2) is 82.4 Å². The van der Waals surface area contributed by atoms with Crippen LogP contribution >= 0.6 is 0 Å². The van der Waals surface area contributed by atoms with Crippen LogP contribution in [0, 0.1) is 0 Å². The number of carbonyl (C=O) groups is 1. The largest absolute Gasteiger partial charge is 0.383 e. The van der Waals surface area contributed by atoms with Crippen molar-refractivity contribution in [2.24, 2.45) is 0 Å². The maximum absolute atomic E-state index is 13.1. The fraction of sp³-hybridized carbons (Fsp3) is 0.192. The quantitative estimate of drug-likeness (QED) is 0.444. The number of H-pyrrole nitrogens is 1. The number of hydrogen-bond acceptors (Lipinski definition) is 5. The monoisotopic (exact) mass is 457 g/mol. The van der Waals surface area contributed by atoms with E-state index in [2.05, 4.69) is 23.2 Å². The number of amides is 1. The van der Waals surface area contributed by atoms with Gasteiger partial charge in [-0.15, -0.1) is 0 Å². The van der Waals surface area contributed by atoms with E-state index >= 15 is 0 Å². The lowest BCUT2D eigenvalue weighted by molar-refractivity contribution is -0.119. The van der Waals surface area contributed by atoms with E-state index in [0.717, 1.165) is 21.9 Å². The summed E-state index contributed by atoms with van der Waals surface area (Å²) in [5.74, 6) is -0.366. The molecule has 8 nitrogen and oxygen atoms in total. The number of carbonyl (C=O) groups excluding carboxylic acids is 1. The Morgan fingerprint density at radius 1 is 0.941 bits per heavy atom. The molecule has 174 valence electrons. The highest BCUT2D eigenvalue weighted by atomic mass is 16.2. The average molecular weight is 458 g/mol. The van der Waals surface area contributed by atoms with Crippen LogP contribution in [0.3, 0.4) is 0 Å². The smallest absolute Gasteiger partial charge is 0.330 e. The third-order valence-corrected chi connectivity index (χ3v) is 5.83. The summed E-state index contributed by atoms with van der Waals surface area (Å²) in [5.41, 5.74) is 6.81. The molecule has 3 aromatic carbocycles. The summed E-state index contributed by atoms with van der Waals surface area (Å²) < 4.78 is 1.26. The second-order valence-corrected chi connectivity index (χ2v) is 8.33. The Hall–Kier alpha value is -4.17. The minimum atomic E-state index is -0.695. The number of anilines is 2. The Kier molecular flexibility index (Phi) is 6.60. The Bertz CT molecular complexity index is 1440. The summed E-state index contributed by atoms with van der Waals surface area (Å²) in [6.45, 7) is 0.801. The molecule has 4 aromatic rings. The fourth-order valence-electron chi connectivity index (χ4n) is 4.06. The molecule has 0 saturated carbocycles. The van der Waals surface area contributed by atoms with E-state index in [0.29, 0.717) is 6.54 Å². The molecule has 0 spiro atoms. The number of nitrogens with one attached hydrogen (secondary N) is 1. The van der Waals surface area contributed by atoms with Crippen molar-refractivity contribution in [3.63, 3.8) is 0 Å². The van der Waals surface area contributed by atoms with Gasteiger partial charge in [0.15, 0.2) is 5.69 Å². The standard InChI is InChI=1S/C26H27N5O3/c1-29(16-20-13-8-12-19-11-6-7-14-21(19)20)17-22(32)30(2)23-24(27)31(26(34)28-25(23)33)15-18-9-4-3-5-10-18/h3-14H,15-17,27H2,1-2H3,(H,28,33,34). The Morgan fingerprint density at radius 2 is 1.62 bits per heavy atom. The minimum Gasteiger partial charge on any atom is -0.383 e. The molecule has 4 rings (SSSR count). The van der Waals surface area contributed by atoms with Crippen molar-refractivity contribution in [3.05, 3.63) is 105 Å². The second kappa shape index (κ2) is 9.76. The number of nitrogens with two attached hydrogens (primary N) is 1. The number of nitrogen functional groups attached to an aromatic ring is 1. The lowest BCUT2D eigenvalue weighted by Crippen LogP contribution is -2.42. The van der Waals surface area contributed by atoms with Gasteiger partial charge in [-0.3, -0.25) is 24.0 Å². The van der Waals surface area contributed by atoms with E-state index in [-0.39, 0.29) is 30.5 Å². The molecular formula is C26H27N5O3. The lowest BCUT2D eigenvalue weighted by atomic mass is 10.0. The van der Waals surface area contributed by atoms with Gasteiger partial charge in [0.1, 0.15) is 5.82 Å².